The number of nitrogens with zero attached hydrogens (tertiary/aromatic N) is 1. The summed E-state index contributed by atoms with van der Waals surface area (Å²) in [7, 11) is 0. The van der Waals surface area contributed by atoms with Crippen LogP contribution in [0, 0.1) is 0 Å². The molecule has 0 radical (unpaired) electrons. The fourth-order valence-corrected chi connectivity index (χ4v) is 5.56. The van der Waals surface area contributed by atoms with Crippen molar-refractivity contribution in [1.82, 2.24) is 10.2 Å². The largest absolute Gasteiger partial charge is 0.351 e. The minimum atomic E-state index is -0.947. The molecule has 1 atom stereocenters. The molecule has 2 amide bonds. The van der Waals surface area contributed by atoms with Gasteiger partial charge in [-0.25, -0.2) is 0 Å². The third kappa shape index (κ3) is 4.37. The second kappa shape index (κ2) is 9.03. The zero-order chi connectivity index (χ0) is 21.1. The zero-order valence-corrected chi connectivity index (χ0v) is 18.8. The van der Waals surface area contributed by atoms with E-state index in [1.165, 1.54) is 6.42 Å². The maximum Gasteiger partial charge on any atom is 0.256 e. The third-order valence-corrected chi connectivity index (χ3v) is 7.78. The van der Waals surface area contributed by atoms with E-state index < -0.39 is 5.54 Å². The summed E-state index contributed by atoms with van der Waals surface area (Å²) in [6.07, 6.45) is 5.56. The SMILES string of the molecule is CC1(C(=O)NC2CCCCC2)CSc2ccccc2C(=O)N1Cc1ccc(Cl)cc1. The van der Waals surface area contributed by atoms with E-state index in [1.54, 1.807) is 16.7 Å². The van der Waals surface area contributed by atoms with Gasteiger partial charge >= 0.3 is 0 Å². The lowest BCUT2D eigenvalue weighted by atomic mass is 9.93. The van der Waals surface area contributed by atoms with Crippen molar-refractivity contribution in [3.63, 3.8) is 0 Å². The van der Waals surface area contributed by atoms with Crippen molar-refractivity contribution in [2.45, 2.75) is 62.0 Å². The lowest BCUT2D eigenvalue weighted by Gasteiger charge is -2.40. The van der Waals surface area contributed by atoms with E-state index in [2.05, 4.69) is 5.32 Å². The van der Waals surface area contributed by atoms with E-state index in [1.807, 2.05) is 55.5 Å². The topological polar surface area (TPSA) is 49.4 Å². The smallest absolute Gasteiger partial charge is 0.256 e. The van der Waals surface area contributed by atoms with Crippen LogP contribution >= 0.6 is 23.4 Å². The number of thioether (sulfide) groups is 1. The Morgan fingerprint density at radius 2 is 1.83 bits per heavy atom. The lowest BCUT2D eigenvalue weighted by molar-refractivity contribution is -0.131. The highest BCUT2D eigenvalue weighted by Gasteiger charge is 2.45. The van der Waals surface area contributed by atoms with Crippen LogP contribution in [-0.4, -0.2) is 34.0 Å². The molecule has 4 rings (SSSR count). The quantitative estimate of drug-likeness (QED) is 0.699. The molecule has 2 aliphatic rings. The van der Waals surface area contributed by atoms with Crippen LogP contribution < -0.4 is 5.32 Å². The summed E-state index contributed by atoms with van der Waals surface area (Å²) in [6, 6.07) is 15.3. The Hall–Kier alpha value is -1.98. The Kier molecular flexibility index (Phi) is 6.40. The van der Waals surface area contributed by atoms with Gasteiger partial charge in [0.25, 0.3) is 5.91 Å². The van der Waals surface area contributed by atoms with Gasteiger partial charge in [0.2, 0.25) is 5.91 Å². The molecule has 158 valence electrons. The van der Waals surface area contributed by atoms with E-state index in [-0.39, 0.29) is 17.9 Å². The normalized spacial score (nSPS) is 22.3. The maximum absolute atomic E-state index is 13.6. The van der Waals surface area contributed by atoms with Gasteiger partial charge in [-0.15, -0.1) is 11.8 Å². The number of carbonyl (C=O) groups is 2. The van der Waals surface area contributed by atoms with Crippen LogP contribution in [0.3, 0.4) is 0 Å². The fourth-order valence-electron chi connectivity index (χ4n) is 4.23. The summed E-state index contributed by atoms with van der Waals surface area (Å²) in [6.45, 7) is 2.26. The molecule has 0 bridgehead atoms. The van der Waals surface area contributed by atoms with Crippen LogP contribution in [0.5, 0.6) is 0 Å². The Labute approximate surface area is 187 Å². The molecule has 0 aromatic heterocycles. The Morgan fingerprint density at radius 3 is 2.57 bits per heavy atom. The number of fused-ring (bicyclic) bond motifs is 1. The second-order valence-corrected chi connectivity index (χ2v) is 9.84. The summed E-state index contributed by atoms with van der Waals surface area (Å²) >= 11 is 7.63. The second-order valence-electron chi connectivity index (χ2n) is 8.38. The highest BCUT2D eigenvalue weighted by molar-refractivity contribution is 7.99. The van der Waals surface area contributed by atoms with Crippen molar-refractivity contribution < 1.29 is 9.59 Å². The molecule has 1 fully saturated rings. The van der Waals surface area contributed by atoms with Gasteiger partial charge in [0.05, 0.1) is 5.56 Å². The van der Waals surface area contributed by atoms with E-state index >= 15 is 0 Å². The van der Waals surface area contributed by atoms with Crippen LogP contribution in [0.15, 0.2) is 53.4 Å². The molecule has 2 aromatic rings. The van der Waals surface area contributed by atoms with Crippen molar-refractivity contribution in [2.24, 2.45) is 0 Å². The molecular weight excluding hydrogens is 416 g/mol. The highest BCUT2D eigenvalue weighted by Crippen LogP contribution is 2.36. The average Bonchev–Trinajstić information content (AvgIpc) is 2.87. The molecular formula is C24H27ClN2O2S. The summed E-state index contributed by atoms with van der Waals surface area (Å²) < 4.78 is 0. The number of hydrogen-bond acceptors (Lipinski definition) is 3. The van der Waals surface area contributed by atoms with Gasteiger partial charge in [0, 0.05) is 28.3 Å². The first-order valence-corrected chi connectivity index (χ1v) is 11.9. The van der Waals surface area contributed by atoms with Crippen LogP contribution in [0.1, 0.15) is 54.9 Å². The van der Waals surface area contributed by atoms with Crippen molar-refractivity contribution in [3.05, 3.63) is 64.7 Å². The fraction of sp³-hybridized carbons (Fsp3) is 0.417. The summed E-state index contributed by atoms with van der Waals surface area (Å²) in [5, 5.41) is 3.91. The van der Waals surface area contributed by atoms with Gasteiger partial charge in [0.1, 0.15) is 5.54 Å². The van der Waals surface area contributed by atoms with Gasteiger partial charge in [-0.3, -0.25) is 9.59 Å². The molecule has 0 saturated heterocycles. The monoisotopic (exact) mass is 442 g/mol. The minimum Gasteiger partial charge on any atom is -0.351 e. The molecule has 1 aliphatic carbocycles. The first-order valence-electron chi connectivity index (χ1n) is 10.6. The predicted molar refractivity (Wildman–Crippen MR) is 122 cm³/mol. The molecule has 30 heavy (non-hydrogen) atoms. The number of rotatable bonds is 4. The van der Waals surface area contributed by atoms with E-state index in [0.29, 0.717) is 22.9 Å². The van der Waals surface area contributed by atoms with Crippen LogP contribution in [-0.2, 0) is 11.3 Å². The van der Waals surface area contributed by atoms with Gasteiger partial charge in [0.15, 0.2) is 0 Å². The average molecular weight is 443 g/mol. The van der Waals surface area contributed by atoms with Gasteiger partial charge in [-0.1, -0.05) is 55.1 Å². The molecule has 0 spiro atoms. The van der Waals surface area contributed by atoms with E-state index in [0.717, 1.165) is 36.1 Å². The first-order chi connectivity index (χ1) is 14.5. The number of hydrogen-bond donors (Lipinski definition) is 1. The number of halogens is 1. The van der Waals surface area contributed by atoms with Crippen LogP contribution in [0.4, 0.5) is 0 Å². The molecule has 1 heterocycles. The molecule has 1 aliphatic heterocycles. The Balaban J connectivity index is 1.67. The van der Waals surface area contributed by atoms with Crippen LogP contribution in [0.2, 0.25) is 5.02 Å². The van der Waals surface area contributed by atoms with E-state index in [4.69, 9.17) is 11.6 Å². The van der Waals surface area contributed by atoms with Crippen molar-refractivity contribution in [3.8, 4) is 0 Å². The van der Waals surface area contributed by atoms with Gasteiger partial charge in [-0.2, -0.15) is 0 Å². The summed E-state index contributed by atoms with van der Waals surface area (Å²) in [4.78, 5) is 29.9. The minimum absolute atomic E-state index is 0.0583. The molecule has 6 heteroatoms. The number of benzene rings is 2. The number of amides is 2. The number of carbonyl (C=O) groups excluding carboxylic acids is 2. The Morgan fingerprint density at radius 1 is 1.13 bits per heavy atom. The highest BCUT2D eigenvalue weighted by atomic mass is 35.5. The lowest BCUT2D eigenvalue weighted by Crippen LogP contribution is -2.61. The standard InChI is InChI=1S/C24H27ClN2O2S/c1-24(23(29)26-19-7-3-2-4-8-19)16-30-21-10-6-5-9-20(21)22(28)27(24)15-17-11-13-18(25)14-12-17/h5-6,9-14,19H,2-4,7-8,15-16H2,1H3,(H,26,29). The molecule has 1 unspecified atom stereocenters. The molecule has 1 saturated carbocycles. The zero-order valence-electron chi connectivity index (χ0n) is 17.2. The predicted octanol–water partition coefficient (Wildman–Crippen LogP) is 5.30. The van der Waals surface area contributed by atoms with E-state index in [9.17, 15) is 9.59 Å². The Bertz CT molecular complexity index is 927. The van der Waals surface area contributed by atoms with Crippen molar-refractivity contribution >= 4 is 35.2 Å². The first kappa shape index (κ1) is 21.3. The number of nitrogens with one attached hydrogen (secondary N) is 1. The maximum atomic E-state index is 13.6. The molecule has 2 aromatic carbocycles. The van der Waals surface area contributed by atoms with Gasteiger partial charge < -0.3 is 10.2 Å². The molecule has 4 nitrogen and oxygen atoms in total. The summed E-state index contributed by atoms with van der Waals surface area (Å²) in [5.41, 5.74) is 0.664. The van der Waals surface area contributed by atoms with Crippen molar-refractivity contribution in [1.29, 1.82) is 0 Å². The third-order valence-electron chi connectivity index (χ3n) is 6.15. The van der Waals surface area contributed by atoms with Crippen molar-refractivity contribution in [2.75, 3.05) is 5.75 Å². The van der Waals surface area contributed by atoms with Crippen LogP contribution in [0.25, 0.3) is 0 Å². The van der Waals surface area contributed by atoms with Gasteiger partial charge in [-0.05, 0) is 49.6 Å². The summed E-state index contributed by atoms with van der Waals surface area (Å²) in [5.74, 6) is 0.353. The molecule has 1 N–H and O–H groups in total.